The van der Waals surface area contributed by atoms with Crippen LogP contribution in [0.25, 0.3) is 6.08 Å². The fourth-order valence-corrected chi connectivity index (χ4v) is 4.18. The van der Waals surface area contributed by atoms with Crippen molar-refractivity contribution in [2.45, 2.75) is 0 Å². The predicted octanol–water partition coefficient (Wildman–Crippen LogP) is 5.20. The maximum absolute atomic E-state index is 13.3. The van der Waals surface area contributed by atoms with Gasteiger partial charge in [0.2, 0.25) is 0 Å². The molecule has 3 aromatic carbocycles. The van der Waals surface area contributed by atoms with Gasteiger partial charge < -0.3 is 9.47 Å². The number of Topliss-reactive ketones (excluding diaryl/α,β-unsaturated/α-hetero) is 1. The van der Waals surface area contributed by atoms with Gasteiger partial charge in [0.15, 0.2) is 11.0 Å². The van der Waals surface area contributed by atoms with Gasteiger partial charge in [-0.2, -0.15) is 0 Å². The Kier molecular flexibility index (Phi) is 7.08. The fraction of sp³-hybridized carbons (Fsp3) is 0.115. The number of amides is 1. The van der Waals surface area contributed by atoms with Crippen LogP contribution in [-0.2, 0) is 4.79 Å². The first-order valence-corrected chi connectivity index (χ1v) is 11.3. The van der Waals surface area contributed by atoms with Gasteiger partial charge in [0.05, 0.1) is 25.7 Å². The maximum atomic E-state index is 13.3. The van der Waals surface area contributed by atoms with Crippen molar-refractivity contribution in [2.75, 3.05) is 24.9 Å². The average molecular weight is 477 g/mol. The zero-order chi connectivity index (χ0) is 24.1. The summed E-state index contributed by atoms with van der Waals surface area (Å²) in [6.07, 6.45) is 1.68. The Bertz CT molecular complexity index is 1270. The first-order valence-electron chi connectivity index (χ1n) is 10.3. The van der Waals surface area contributed by atoms with E-state index in [2.05, 4.69) is 4.99 Å². The number of rotatable bonds is 7. The van der Waals surface area contributed by atoms with E-state index in [9.17, 15) is 14.0 Å². The minimum Gasteiger partial charge on any atom is -0.497 e. The molecule has 0 bridgehead atoms. The molecule has 0 fully saturated rings. The molecule has 6 nitrogen and oxygen atoms in total. The summed E-state index contributed by atoms with van der Waals surface area (Å²) in [5.74, 6) is 0.404. The second-order valence-electron chi connectivity index (χ2n) is 7.26. The molecule has 1 amide bonds. The molecule has 8 heteroatoms. The number of methoxy groups -OCH3 is 2. The number of thioether (sulfide) groups is 1. The van der Waals surface area contributed by atoms with Crippen molar-refractivity contribution in [1.82, 2.24) is 0 Å². The van der Waals surface area contributed by atoms with E-state index in [4.69, 9.17) is 9.47 Å². The predicted molar refractivity (Wildman–Crippen MR) is 132 cm³/mol. The first kappa shape index (κ1) is 23.3. The lowest BCUT2D eigenvalue weighted by Gasteiger charge is -2.18. The zero-order valence-electron chi connectivity index (χ0n) is 18.5. The van der Waals surface area contributed by atoms with Gasteiger partial charge in [-0.15, -0.1) is 0 Å². The highest BCUT2D eigenvalue weighted by molar-refractivity contribution is 8.14. The number of carbonyl (C=O) groups excluding carboxylic acids is 2. The van der Waals surface area contributed by atoms with Crippen LogP contribution in [0.5, 0.6) is 11.5 Å². The van der Waals surface area contributed by atoms with Crippen molar-refractivity contribution in [3.8, 4) is 11.5 Å². The number of amidine groups is 1. The van der Waals surface area contributed by atoms with Crippen LogP contribution in [0.3, 0.4) is 0 Å². The van der Waals surface area contributed by atoms with Gasteiger partial charge in [0, 0.05) is 11.6 Å². The number of carbonyl (C=O) groups is 2. The molecule has 3 aromatic rings. The molecule has 4 rings (SSSR count). The van der Waals surface area contributed by atoms with E-state index in [1.54, 1.807) is 56.7 Å². The summed E-state index contributed by atoms with van der Waals surface area (Å²) in [6, 6.07) is 19.7. The molecular formula is C26H21FN2O4S. The van der Waals surface area contributed by atoms with Crippen LogP contribution >= 0.6 is 11.8 Å². The minimum absolute atomic E-state index is 0.0357. The largest absolute Gasteiger partial charge is 0.497 e. The second kappa shape index (κ2) is 10.4. The summed E-state index contributed by atoms with van der Waals surface area (Å²) < 4.78 is 23.7. The van der Waals surface area contributed by atoms with Crippen LogP contribution in [0, 0.1) is 5.82 Å². The highest BCUT2D eigenvalue weighted by Gasteiger charge is 2.32. The maximum Gasteiger partial charge on any atom is 0.283 e. The molecule has 0 saturated heterocycles. The third-order valence-corrected chi connectivity index (χ3v) is 6.00. The Hall–Kier alpha value is -3.91. The highest BCUT2D eigenvalue weighted by Crippen LogP contribution is 2.31. The summed E-state index contributed by atoms with van der Waals surface area (Å²) in [6.45, 7) is 0. The first-order chi connectivity index (χ1) is 16.5. The van der Waals surface area contributed by atoms with E-state index in [1.165, 1.54) is 29.2 Å². The normalized spacial score (nSPS) is 14.3. The van der Waals surface area contributed by atoms with Gasteiger partial charge in [-0.25, -0.2) is 9.38 Å². The van der Waals surface area contributed by atoms with Gasteiger partial charge in [-0.1, -0.05) is 30.0 Å². The molecule has 0 aromatic heterocycles. The molecule has 1 aliphatic heterocycles. The molecule has 0 aliphatic carbocycles. The Balaban J connectivity index is 1.63. The zero-order valence-corrected chi connectivity index (χ0v) is 19.3. The monoisotopic (exact) mass is 476 g/mol. The number of benzene rings is 3. The summed E-state index contributed by atoms with van der Waals surface area (Å²) in [5, 5.41) is 0.369. The number of ether oxygens (including phenoxy) is 2. The van der Waals surface area contributed by atoms with Gasteiger partial charge in [-0.3, -0.25) is 14.5 Å². The smallest absolute Gasteiger partial charge is 0.283 e. The molecule has 34 heavy (non-hydrogen) atoms. The number of hydrogen-bond donors (Lipinski definition) is 0. The van der Waals surface area contributed by atoms with Crippen molar-refractivity contribution in [2.24, 2.45) is 4.99 Å². The van der Waals surface area contributed by atoms with Crippen LogP contribution in [0.15, 0.2) is 83.5 Å². The van der Waals surface area contributed by atoms with Gasteiger partial charge >= 0.3 is 0 Å². The van der Waals surface area contributed by atoms with Crippen molar-refractivity contribution >= 4 is 40.4 Å². The lowest BCUT2D eigenvalue weighted by atomic mass is 10.1. The fourth-order valence-electron chi connectivity index (χ4n) is 3.28. The lowest BCUT2D eigenvalue weighted by Crippen LogP contribution is -2.30. The molecular weight excluding hydrogens is 455 g/mol. The molecule has 0 radical (unpaired) electrons. The molecule has 172 valence electrons. The summed E-state index contributed by atoms with van der Waals surface area (Å²) in [5.41, 5.74) is 1.99. The summed E-state index contributed by atoms with van der Waals surface area (Å²) >= 11 is 1.14. The number of halogens is 1. The van der Waals surface area contributed by atoms with Crippen molar-refractivity contribution in [3.05, 3.63) is 95.4 Å². The number of ketones is 1. The SMILES string of the molecule is COc1ccc(C=C2N=C(SCC(=O)c3ccc(F)cc3)N(c3cccc(OC)c3)C2=O)cc1. The number of hydrogen-bond acceptors (Lipinski definition) is 6. The van der Waals surface area contributed by atoms with E-state index in [0.717, 1.165) is 17.3 Å². The molecule has 0 unspecified atom stereocenters. The van der Waals surface area contributed by atoms with Crippen LogP contribution in [0.2, 0.25) is 0 Å². The molecule has 0 N–H and O–H groups in total. The van der Waals surface area contributed by atoms with Crippen LogP contribution in [0.1, 0.15) is 15.9 Å². The Morgan fingerprint density at radius 1 is 1.00 bits per heavy atom. The number of anilines is 1. The van der Waals surface area contributed by atoms with E-state index in [0.29, 0.717) is 27.9 Å². The highest BCUT2D eigenvalue weighted by atomic mass is 32.2. The molecule has 0 atom stereocenters. The Morgan fingerprint density at radius 2 is 1.71 bits per heavy atom. The molecule has 0 spiro atoms. The minimum atomic E-state index is -0.410. The van der Waals surface area contributed by atoms with Crippen molar-refractivity contribution in [1.29, 1.82) is 0 Å². The van der Waals surface area contributed by atoms with Crippen LogP contribution in [0.4, 0.5) is 10.1 Å². The van der Waals surface area contributed by atoms with Gasteiger partial charge in [0.1, 0.15) is 23.0 Å². The van der Waals surface area contributed by atoms with Crippen LogP contribution < -0.4 is 14.4 Å². The third kappa shape index (κ3) is 5.18. The summed E-state index contributed by atoms with van der Waals surface area (Å²) in [7, 11) is 3.13. The molecule has 1 aliphatic rings. The van der Waals surface area contributed by atoms with E-state index >= 15 is 0 Å². The van der Waals surface area contributed by atoms with E-state index in [-0.39, 0.29) is 23.1 Å². The van der Waals surface area contributed by atoms with E-state index < -0.39 is 5.82 Å². The third-order valence-electron chi connectivity index (χ3n) is 5.06. The van der Waals surface area contributed by atoms with E-state index in [1.807, 2.05) is 12.1 Å². The molecule has 0 saturated carbocycles. The molecule has 1 heterocycles. The second-order valence-corrected chi connectivity index (χ2v) is 8.20. The van der Waals surface area contributed by atoms with Crippen molar-refractivity contribution in [3.63, 3.8) is 0 Å². The van der Waals surface area contributed by atoms with Crippen LogP contribution in [-0.4, -0.2) is 36.8 Å². The Morgan fingerprint density at radius 3 is 2.38 bits per heavy atom. The topological polar surface area (TPSA) is 68.2 Å². The van der Waals surface area contributed by atoms with Gasteiger partial charge in [0.25, 0.3) is 5.91 Å². The lowest BCUT2D eigenvalue weighted by molar-refractivity contribution is -0.113. The Labute approximate surface area is 200 Å². The number of aliphatic imine (C=N–C) groups is 1. The summed E-state index contributed by atoms with van der Waals surface area (Å²) in [4.78, 5) is 31.9. The van der Waals surface area contributed by atoms with Gasteiger partial charge in [-0.05, 0) is 60.2 Å². The number of nitrogens with zero attached hydrogens (tertiary/aromatic N) is 2. The quantitative estimate of drug-likeness (QED) is 0.346. The standard InChI is InChI=1S/C26H21FN2O4S/c1-32-21-12-6-17(7-13-21)14-23-25(31)29(20-4-3-5-22(15-20)33-2)26(28-23)34-16-24(30)18-8-10-19(27)11-9-18/h3-15H,16H2,1-2H3. The van der Waals surface area contributed by atoms with Crippen molar-refractivity contribution < 1.29 is 23.5 Å². The average Bonchev–Trinajstić information content (AvgIpc) is 3.18.